The number of allylic oxidation sites excluding steroid dienone is 1. The second-order valence-electron chi connectivity index (χ2n) is 4.30. The molecule has 0 rings (SSSR count). The molecule has 0 aliphatic rings. The summed E-state index contributed by atoms with van der Waals surface area (Å²) in [6.07, 6.45) is -7.66. The fourth-order valence-corrected chi connectivity index (χ4v) is 1.14. The molecule has 0 fully saturated rings. The van der Waals surface area contributed by atoms with Gasteiger partial charge in [-0.1, -0.05) is 0 Å². The smallest absolute Gasteiger partial charge is 0.460 e. The van der Waals surface area contributed by atoms with Gasteiger partial charge in [0, 0.05) is 0 Å². The molecule has 0 saturated carbocycles. The Balaban J connectivity index is 6.61. The van der Waals surface area contributed by atoms with Crippen molar-refractivity contribution < 1.29 is 75.8 Å². The Morgan fingerprint density at radius 2 is 0.885 bits per heavy atom. The quantitative estimate of drug-likeness (QED) is 0.482. The summed E-state index contributed by atoms with van der Waals surface area (Å²) >= 11 is 0. The van der Waals surface area contributed by atoms with Crippen LogP contribution in [-0.2, 0) is 4.79 Å². The molecule has 0 aliphatic carbocycles. The van der Waals surface area contributed by atoms with Crippen molar-refractivity contribution in [1.29, 1.82) is 0 Å². The average Bonchev–Trinajstić information content (AvgIpc) is 2.43. The van der Waals surface area contributed by atoms with E-state index in [1.54, 1.807) is 0 Å². The lowest BCUT2D eigenvalue weighted by atomic mass is 9.93. The molecule has 26 heavy (non-hydrogen) atoms. The van der Waals surface area contributed by atoms with Gasteiger partial charge in [0.1, 0.15) is 0 Å². The molecule has 0 unspecified atom stereocenters. The number of alkyl halides is 13. The lowest BCUT2D eigenvalue weighted by Crippen LogP contribution is -2.70. The van der Waals surface area contributed by atoms with Crippen LogP contribution >= 0.6 is 0 Å². The van der Waals surface area contributed by atoms with E-state index in [1.165, 1.54) is 0 Å². The summed E-state index contributed by atoms with van der Waals surface area (Å²) in [5.74, 6) is -52.4. The van der Waals surface area contributed by atoms with Crippen molar-refractivity contribution in [2.75, 3.05) is 0 Å². The maximum absolute atomic E-state index is 13.0. The van der Waals surface area contributed by atoms with Crippen molar-refractivity contribution in [3.8, 4) is 0 Å². The van der Waals surface area contributed by atoms with Gasteiger partial charge in [-0.15, -0.1) is 0 Å². The summed E-state index contributed by atoms with van der Waals surface area (Å²) in [6.45, 7) is 0. The molecule has 0 aliphatic heterocycles. The van der Waals surface area contributed by atoms with E-state index in [-0.39, 0.29) is 0 Å². The van der Waals surface area contributed by atoms with Crippen LogP contribution in [0.15, 0.2) is 11.7 Å². The largest absolute Gasteiger partial charge is 0.476 e. The van der Waals surface area contributed by atoms with Crippen LogP contribution < -0.4 is 0 Å². The third-order valence-corrected chi connectivity index (χ3v) is 2.59. The van der Waals surface area contributed by atoms with Crippen LogP contribution in [0.4, 0.5) is 65.9 Å². The van der Waals surface area contributed by atoms with E-state index in [0.29, 0.717) is 0 Å². The third-order valence-electron chi connectivity index (χ3n) is 2.59. The Morgan fingerprint density at radius 1 is 0.577 bits per heavy atom. The number of carbonyl (C=O) groups is 1. The van der Waals surface area contributed by atoms with Crippen molar-refractivity contribution in [3.63, 3.8) is 0 Å². The Bertz CT molecular complexity index is 599. The van der Waals surface area contributed by atoms with Gasteiger partial charge in [-0.2, -0.15) is 61.5 Å². The van der Waals surface area contributed by atoms with E-state index in [9.17, 15) is 70.7 Å². The van der Waals surface area contributed by atoms with Crippen LogP contribution in [0.25, 0.3) is 0 Å². The first-order valence-electron chi connectivity index (χ1n) is 5.26. The zero-order chi connectivity index (χ0) is 21.7. The number of hydrogen-bond acceptors (Lipinski definition) is 1. The second-order valence-corrected chi connectivity index (χ2v) is 4.30. The molecule has 17 heteroatoms. The minimum absolute atomic E-state index is 3.44. The van der Waals surface area contributed by atoms with Gasteiger partial charge in [0.25, 0.3) is 0 Å². The normalized spacial score (nSPS) is 16.4. The third kappa shape index (κ3) is 3.04. The summed E-state index contributed by atoms with van der Waals surface area (Å²) in [5.41, 5.74) is 0. The Kier molecular flexibility index (Phi) is 5.67. The van der Waals surface area contributed by atoms with Crippen LogP contribution in [0, 0.1) is 0 Å². The standard InChI is InChI=1S/C9HF15O2/c10-1(3(25)26)2(11)4(12,13)5(14,15)6(16,17)7(18,19)8(20,21)9(22,23)24/h(H,25,26)/b2-1+. The van der Waals surface area contributed by atoms with Crippen LogP contribution in [0.1, 0.15) is 0 Å². The van der Waals surface area contributed by atoms with Gasteiger partial charge >= 0.3 is 41.8 Å². The number of hydrogen-bond donors (Lipinski definition) is 1. The summed E-state index contributed by atoms with van der Waals surface area (Å²) in [4.78, 5) is 9.80. The SMILES string of the molecule is O=C(O)/C(F)=C(\F)C(F)(F)C(F)(F)C(F)(F)C(F)(F)C(F)(F)C(F)(F)F. The highest BCUT2D eigenvalue weighted by molar-refractivity contribution is 5.84. The van der Waals surface area contributed by atoms with Crippen molar-refractivity contribution in [2.45, 2.75) is 35.8 Å². The zero-order valence-electron chi connectivity index (χ0n) is 11.0. The van der Waals surface area contributed by atoms with Crippen molar-refractivity contribution in [3.05, 3.63) is 11.7 Å². The first-order chi connectivity index (χ1) is 11.0. The topological polar surface area (TPSA) is 37.3 Å². The molecule has 0 aromatic carbocycles. The maximum atomic E-state index is 13.0. The molecule has 0 saturated heterocycles. The predicted octanol–water partition coefficient (Wildman–Crippen LogP) is 4.96. The van der Waals surface area contributed by atoms with Crippen molar-refractivity contribution in [1.82, 2.24) is 0 Å². The Hall–Kier alpha value is -1.84. The molecule has 0 aromatic rings. The van der Waals surface area contributed by atoms with Gasteiger partial charge in [0.2, 0.25) is 11.7 Å². The van der Waals surface area contributed by atoms with Gasteiger partial charge in [0.15, 0.2) is 0 Å². The van der Waals surface area contributed by atoms with E-state index in [0.717, 1.165) is 0 Å². The first-order valence-corrected chi connectivity index (χ1v) is 5.26. The van der Waals surface area contributed by atoms with E-state index >= 15 is 0 Å². The molecule has 1 N–H and O–H groups in total. The highest BCUT2D eigenvalue weighted by Crippen LogP contribution is 2.61. The minimum Gasteiger partial charge on any atom is -0.476 e. The fourth-order valence-electron chi connectivity index (χ4n) is 1.14. The Labute approximate surface area is 130 Å². The van der Waals surface area contributed by atoms with Crippen molar-refractivity contribution >= 4 is 5.97 Å². The summed E-state index contributed by atoms with van der Waals surface area (Å²) < 4.78 is 188. The molecule has 0 radical (unpaired) electrons. The van der Waals surface area contributed by atoms with Crippen LogP contribution in [0.2, 0.25) is 0 Å². The number of aliphatic carboxylic acids is 1. The predicted molar refractivity (Wildman–Crippen MR) is 47.7 cm³/mol. The molecule has 154 valence electrons. The highest BCUT2D eigenvalue weighted by atomic mass is 19.4. The number of carboxylic acid groups (broad SMARTS) is 1. The maximum Gasteiger partial charge on any atom is 0.460 e. The highest BCUT2D eigenvalue weighted by Gasteiger charge is 2.91. The van der Waals surface area contributed by atoms with Crippen LogP contribution in [0.5, 0.6) is 0 Å². The van der Waals surface area contributed by atoms with Crippen LogP contribution in [-0.4, -0.2) is 46.9 Å². The number of rotatable bonds is 6. The second kappa shape index (κ2) is 6.11. The fraction of sp³-hybridized carbons (Fsp3) is 0.667. The first kappa shape index (κ1) is 24.2. The van der Waals surface area contributed by atoms with Crippen molar-refractivity contribution in [2.24, 2.45) is 0 Å². The van der Waals surface area contributed by atoms with Gasteiger partial charge in [0.05, 0.1) is 0 Å². The monoisotopic (exact) mass is 426 g/mol. The molecular weight excluding hydrogens is 425 g/mol. The summed E-state index contributed by atoms with van der Waals surface area (Å²) in [7, 11) is 0. The number of carboxylic acids is 1. The van der Waals surface area contributed by atoms with Gasteiger partial charge in [-0.3, -0.25) is 0 Å². The van der Waals surface area contributed by atoms with E-state index in [4.69, 9.17) is 5.11 Å². The van der Waals surface area contributed by atoms with Gasteiger partial charge in [-0.05, 0) is 0 Å². The summed E-state index contributed by atoms with van der Waals surface area (Å²) in [5, 5.41) is 7.72. The van der Waals surface area contributed by atoms with Gasteiger partial charge in [-0.25, -0.2) is 9.18 Å². The van der Waals surface area contributed by atoms with Gasteiger partial charge < -0.3 is 5.11 Å². The average molecular weight is 426 g/mol. The molecule has 2 nitrogen and oxygen atoms in total. The number of halogens is 15. The van der Waals surface area contributed by atoms with E-state index in [2.05, 4.69) is 0 Å². The molecule has 0 atom stereocenters. The lowest BCUT2D eigenvalue weighted by Gasteiger charge is -2.39. The zero-order valence-corrected chi connectivity index (χ0v) is 11.0. The summed E-state index contributed by atoms with van der Waals surface area (Å²) in [6, 6.07) is 0. The minimum atomic E-state index is -8.35. The molecule has 0 bridgehead atoms. The molecule has 0 heterocycles. The Morgan fingerprint density at radius 3 is 1.15 bits per heavy atom. The van der Waals surface area contributed by atoms with E-state index < -0.39 is 53.4 Å². The molecule has 0 aromatic heterocycles. The van der Waals surface area contributed by atoms with E-state index in [1.807, 2.05) is 0 Å². The molecule has 0 amide bonds. The molecular formula is C9HF15O2. The lowest BCUT2D eigenvalue weighted by molar-refractivity contribution is -0.437. The molecule has 0 spiro atoms. The van der Waals surface area contributed by atoms with Crippen LogP contribution in [0.3, 0.4) is 0 Å².